The van der Waals surface area contributed by atoms with E-state index in [9.17, 15) is 0 Å². The van der Waals surface area contributed by atoms with Gasteiger partial charge in [-0.2, -0.15) is 0 Å². The Bertz CT molecular complexity index is 407. The molecular formula is C12H18N4S. The van der Waals surface area contributed by atoms with Crippen molar-refractivity contribution in [3.8, 4) is 0 Å². The van der Waals surface area contributed by atoms with Gasteiger partial charge in [-0.1, -0.05) is 19.8 Å². The summed E-state index contributed by atoms with van der Waals surface area (Å²) < 4.78 is 0. The number of nitrogens with one attached hydrogen (secondary N) is 1. The number of amidine groups is 1. The maximum absolute atomic E-state index is 7.50. The predicted octanol–water partition coefficient (Wildman–Crippen LogP) is 2.43. The van der Waals surface area contributed by atoms with E-state index in [2.05, 4.69) is 16.9 Å². The van der Waals surface area contributed by atoms with Crippen LogP contribution >= 0.6 is 11.8 Å². The molecule has 0 amide bonds. The third-order valence-electron chi connectivity index (χ3n) is 3.09. The molecule has 2 atom stereocenters. The smallest absolute Gasteiger partial charge is 0.144 e. The summed E-state index contributed by atoms with van der Waals surface area (Å²) in [5, 5.41) is 8.89. The highest BCUT2D eigenvalue weighted by atomic mass is 32.2. The van der Waals surface area contributed by atoms with Crippen molar-refractivity contribution in [3.05, 3.63) is 18.1 Å². The summed E-state index contributed by atoms with van der Waals surface area (Å²) in [6.07, 6.45) is 8.32. The number of hydrogen-bond donors (Lipinski definition) is 2. The molecule has 0 saturated heterocycles. The lowest BCUT2D eigenvalue weighted by Crippen LogP contribution is -2.18. The molecule has 0 radical (unpaired) electrons. The lowest BCUT2D eigenvalue weighted by atomic mass is 9.91. The first-order chi connectivity index (χ1) is 8.16. The van der Waals surface area contributed by atoms with E-state index in [0.29, 0.717) is 10.9 Å². The van der Waals surface area contributed by atoms with Crippen molar-refractivity contribution in [1.82, 2.24) is 9.97 Å². The first-order valence-electron chi connectivity index (χ1n) is 5.99. The second-order valence-electron chi connectivity index (χ2n) is 4.64. The van der Waals surface area contributed by atoms with E-state index < -0.39 is 0 Å². The van der Waals surface area contributed by atoms with Gasteiger partial charge >= 0.3 is 0 Å². The molecule has 1 aliphatic carbocycles. The predicted molar refractivity (Wildman–Crippen MR) is 70.3 cm³/mol. The molecule has 1 aromatic heterocycles. The highest BCUT2D eigenvalue weighted by Crippen LogP contribution is 2.35. The molecule has 4 nitrogen and oxygen atoms in total. The maximum atomic E-state index is 7.50. The lowest BCUT2D eigenvalue weighted by molar-refractivity contribution is 0.394. The number of nitrogen functional groups attached to an aromatic ring is 1. The largest absolute Gasteiger partial charge is 0.382 e. The van der Waals surface area contributed by atoms with Crippen LogP contribution in [-0.2, 0) is 0 Å². The minimum Gasteiger partial charge on any atom is -0.382 e. The first kappa shape index (κ1) is 12.4. The fraction of sp³-hybridized carbons (Fsp3) is 0.583. The van der Waals surface area contributed by atoms with Crippen molar-refractivity contribution in [2.24, 2.45) is 11.7 Å². The number of aromatic nitrogens is 2. The normalized spacial score (nSPS) is 24.5. The van der Waals surface area contributed by atoms with Gasteiger partial charge in [0.25, 0.3) is 0 Å². The molecule has 0 bridgehead atoms. The molecule has 1 aromatic rings. The second kappa shape index (κ2) is 5.49. The third-order valence-corrected chi connectivity index (χ3v) is 4.37. The van der Waals surface area contributed by atoms with Gasteiger partial charge in [0.1, 0.15) is 16.6 Å². The molecule has 2 rings (SSSR count). The van der Waals surface area contributed by atoms with Gasteiger partial charge in [-0.15, -0.1) is 11.8 Å². The van der Waals surface area contributed by atoms with E-state index in [1.807, 2.05) is 0 Å². The zero-order valence-electron chi connectivity index (χ0n) is 10.0. The summed E-state index contributed by atoms with van der Waals surface area (Å²) in [5.74, 6) is 0.795. The highest BCUT2D eigenvalue weighted by molar-refractivity contribution is 7.99. The minimum atomic E-state index is 0.00413. The maximum Gasteiger partial charge on any atom is 0.144 e. The standard InChI is InChI=1S/C12H18N4S/c1-8-3-2-4-9(7-8)17-12-10(11(13)14)15-5-6-16-12/h5-6,8-9H,2-4,7H2,1H3,(H3,13,14). The Hall–Kier alpha value is -1.10. The Morgan fingerprint density at radius 3 is 2.88 bits per heavy atom. The molecule has 17 heavy (non-hydrogen) atoms. The van der Waals surface area contributed by atoms with Crippen LogP contribution in [0.4, 0.5) is 0 Å². The zero-order valence-corrected chi connectivity index (χ0v) is 10.8. The van der Waals surface area contributed by atoms with E-state index in [-0.39, 0.29) is 5.84 Å². The van der Waals surface area contributed by atoms with Gasteiger partial charge < -0.3 is 5.73 Å². The van der Waals surface area contributed by atoms with E-state index >= 15 is 0 Å². The summed E-state index contributed by atoms with van der Waals surface area (Å²) >= 11 is 1.73. The Kier molecular flexibility index (Phi) is 3.99. The van der Waals surface area contributed by atoms with Gasteiger partial charge in [0.2, 0.25) is 0 Å². The summed E-state index contributed by atoms with van der Waals surface area (Å²) in [7, 11) is 0. The molecule has 1 fully saturated rings. The molecular weight excluding hydrogens is 232 g/mol. The molecule has 2 unspecified atom stereocenters. The van der Waals surface area contributed by atoms with Crippen molar-refractivity contribution >= 4 is 17.6 Å². The van der Waals surface area contributed by atoms with Crippen LogP contribution < -0.4 is 5.73 Å². The van der Waals surface area contributed by atoms with Crippen molar-refractivity contribution in [3.63, 3.8) is 0 Å². The molecule has 0 aliphatic heterocycles. The van der Waals surface area contributed by atoms with Crippen molar-refractivity contribution < 1.29 is 0 Å². The van der Waals surface area contributed by atoms with Gasteiger partial charge in [-0.05, 0) is 18.8 Å². The van der Waals surface area contributed by atoms with Gasteiger partial charge in [-0.25, -0.2) is 9.97 Å². The Labute approximate surface area is 106 Å². The third kappa shape index (κ3) is 3.19. The Morgan fingerprint density at radius 1 is 1.41 bits per heavy atom. The Morgan fingerprint density at radius 2 is 2.18 bits per heavy atom. The van der Waals surface area contributed by atoms with E-state index in [4.69, 9.17) is 11.1 Å². The SMILES string of the molecule is CC1CCCC(Sc2nccnc2C(=N)N)C1. The second-order valence-corrected chi connectivity index (χ2v) is 5.92. The molecule has 1 aliphatic rings. The van der Waals surface area contributed by atoms with Crippen LogP contribution in [0.5, 0.6) is 0 Å². The van der Waals surface area contributed by atoms with Crippen LogP contribution in [0.15, 0.2) is 17.4 Å². The molecule has 3 N–H and O–H groups in total. The van der Waals surface area contributed by atoms with Crippen LogP contribution in [0.2, 0.25) is 0 Å². The number of rotatable bonds is 3. The molecule has 0 aromatic carbocycles. The molecule has 0 spiro atoms. The van der Waals surface area contributed by atoms with Crippen LogP contribution in [0.25, 0.3) is 0 Å². The van der Waals surface area contributed by atoms with Gasteiger partial charge in [0.05, 0.1) is 0 Å². The zero-order chi connectivity index (χ0) is 12.3. The minimum absolute atomic E-state index is 0.00413. The van der Waals surface area contributed by atoms with Crippen molar-refractivity contribution in [1.29, 1.82) is 5.41 Å². The quantitative estimate of drug-likeness (QED) is 0.638. The van der Waals surface area contributed by atoms with E-state index in [1.165, 1.54) is 25.7 Å². The molecule has 92 valence electrons. The topological polar surface area (TPSA) is 75.7 Å². The fourth-order valence-corrected chi connectivity index (χ4v) is 3.66. The summed E-state index contributed by atoms with van der Waals surface area (Å²) in [6, 6.07) is 0. The van der Waals surface area contributed by atoms with Crippen molar-refractivity contribution in [2.75, 3.05) is 0 Å². The van der Waals surface area contributed by atoms with E-state index in [0.717, 1.165) is 10.9 Å². The summed E-state index contributed by atoms with van der Waals surface area (Å²) in [4.78, 5) is 8.43. The first-order valence-corrected chi connectivity index (χ1v) is 6.87. The van der Waals surface area contributed by atoms with Crippen LogP contribution in [-0.4, -0.2) is 21.1 Å². The number of nitrogens with zero attached hydrogens (tertiary/aromatic N) is 2. The molecule has 1 heterocycles. The number of hydrogen-bond acceptors (Lipinski definition) is 4. The van der Waals surface area contributed by atoms with Crippen molar-refractivity contribution in [2.45, 2.75) is 42.9 Å². The lowest BCUT2D eigenvalue weighted by Gasteiger charge is -2.26. The Balaban J connectivity index is 2.10. The van der Waals surface area contributed by atoms with Gasteiger partial charge in [-0.3, -0.25) is 5.41 Å². The fourth-order valence-electron chi connectivity index (χ4n) is 2.24. The monoisotopic (exact) mass is 250 g/mol. The van der Waals surface area contributed by atoms with Crippen LogP contribution in [0, 0.1) is 11.3 Å². The summed E-state index contributed by atoms with van der Waals surface area (Å²) in [6.45, 7) is 2.30. The average Bonchev–Trinajstić information content (AvgIpc) is 2.29. The molecule has 5 heteroatoms. The highest BCUT2D eigenvalue weighted by Gasteiger charge is 2.22. The van der Waals surface area contributed by atoms with Gasteiger partial charge in [0.15, 0.2) is 0 Å². The molecule has 1 saturated carbocycles. The van der Waals surface area contributed by atoms with Crippen LogP contribution in [0.1, 0.15) is 38.3 Å². The van der Waals surface area contributed by atoms with Crippen LogP contribution in [0.3, 0.4) is 0 Å². The van der Waals surface area contributed by atoms with Gasteiger partial charge in [0, 0.05) is 17.6 Å². The average molecular weight is 250 g/mol. The number of nitrogens with two attached hydrogens (primary N) is 1. The number of thioether (sulfide) groups is 1. The summed E-state index contributed by atoms with van der Waals surface area (Å²) in [5.41, 5.74) is 6.04. The van der Waals surface area contributed by atoms with E-state index in [1.54, 1.807) is 24.2 Å².